The van der Waals surface area contributed by atoms with Gasteiger partial charge in [0, 0.05) is 36.1 Å². The summed E-state index contributed by atoms with van der Waals surface area (Å²) in [5.74, 6) is -1.75. The Morgan fingerprint density at radius 1 is 1.03 bits per heavy atom. The van der Waals surface area contributed by atoms with Gasteiger partial charge in [0.2, 0.25) is 0 Å². The quantitative estimate of drug-likeness (QED) is 0.443. The van der Waals surface area contributed by atoms with Crippen molar-refractivity contribution in [3.8, 4) is 0 Å². The van der Waals surface area contributed by atoms with Crippen molar-refractivity contribution in [2.24, 2.45) is 0 Å². The molecule has 1 saturated heterocycles. The van der Waals surface area contributed by atoms with E-state index in [0.29, 0.717) is 17.4 Å². The molecule has 4 heterocycles. The van der Waals surface area contributed by atoms with Crippen molar-refractivity contribution in [3.63, 3.8) is 0 Å². The molecule has 0 spiro atoms. The summed E-state index contributed by atoms with van der Waals surface area (Å²) in [4.78, 5) is 17.6. The Bertz CT molecular complexity index is 1430. The summed E-state index contributed by atoms with van der Waals surface area (Å²) in [7, 11) is 1.71. The van der Waals surface area contributed by atoms with Gasteiger partial charge >= 0.3 is 6.18 Å². The highest BCUT2D eigenvalue weighted by Gasteiger charge is 2.47. The first-order chi connectivity index (χ1) is 17.6. The highest BCUT2D eigenvalue weighted by Crippen LogP contribution is 2.47. The maximum absolute atomic E-state index is 14.2. The molecule has 10 heteroatoms. The zero-order valence-corrected chi connectivity index (χ0v) is 19.8. The van der Waals surface area contributed by atoms with Gasteiger partial charge in [0.15, 0.2) is 0 Å². The first-order valence-corrected chi connectivity index (χ1v) is 12.1. The number of hydrogen-bond donors (Lipinski definition) is 1. The highest BCUT2D eigenvalue weighted by atomic mass is 19.4. The van der Waals surface area contributed by atoms with Gasteiger partial charge in [-0.25, -0.2) is 23.8 Å². The number of aromatic nitrogens is 1. The lowest BCUT2D eigenvalue weighted by atomic mass is 9.81. The van der Waals surface area contributed by atoms with Crippen molar-refractivity contribution in [2.75, 3.05) is 7.05 Å². The molecule has 5 nitrogen and oxygen atoms in total. The number of carbonyl (C=O) groups excluding carboxylic acids is 1. The van der Waals surface area contributed by atoms with Crippen molar-refractivity contribution in [1.29, 1.82) is 0 Å². The lowest BCUT2D eigenvalue weighted by molar-refractivity contribution is -0.140. The van der Waals surface area contributed by atoms with Crippen LogP contribution in [-0.2, 0) is 6.18 Å². The van der Waals surface area contributed by atoms with Crippen molar-refractivity contribution >= 4 is 16.8 Å². The van der Waals surface area contributed by atoms with E-state index < -0.39 is 29.5 Å². The van der Waals surface area contributed by atoms with Crippen LogP contribution in [0.25, 0.3) is 10.9 Å². The van der Waals surface area contributed by atoms with Gasteiger partial charge in [-0.3, -0.25) is 4.79 Å². The normalized spacial score (nSPS) is 24.1. The van der Waals surface area contributed by atoms with Crippen molar-refractivity contribution < 1.29 is 26.7 Å². The van der Waals surface area contributed by atoms with Crippen LogP contribution in [0.1, 0.15) is 53.3 Å². The molecule has 6 rings (SSSR count). The van der Waals surface area contributed by atoms with Crippen LogP contribution in [-0.4, -0.2) is 40.0 Å². The van der Waals surface area contributed by atoms with E-state index in [4.69, 9.17) is 0 Å². The molecule has 3 aliphatic rings. The van der Waals surface area contributed by atoms with Gasteiger partial charge in [-0.05, 0) is 73.2 Å². The molecule has 2 aromatic carbocycles. The summed E-state index contributed by atoms with van der Waals surface area (Å²) in [6.45, 7) is 0. The predicted molar refractivity (Wildman–Crippen MR) is 126 cm³/mol. The minimum absolute atomic E-state index is 0.0891. The monoisotopic (exact) mass is 514 g/mol. The van der Waals surface area contributed by atoms with Crippen LogP contribution in [0.15, 0.2) is 59.8 Å². The second-order valence-electron chi connectivity index (χ2n) is 9.86. The fourth-order valence-electron chi connectivity index (χ4n) is 5.98. The average molecular weight is 514 g/mol. The van der Waals surface area contributed by atoms with E-state index in [-0.39, 0.29) is 29.1 Å². The van der Waals surface area contributed by atoms with Crippen LogP contribution in [0.5, 0.6) is 0 Å². The van der Waals surface area contributed by atoms with Gasteiger partial charge in [-0.2, -0.15) is 13.2 Å². The molecule has 3 aliphatic heterocycles. The molecular formula is C27H23F5N4O. The molecule has 0 saturated carbocycles. The first kappa shape index (κ1) is 24.0. The number of hydrogen-bond acceptors (Lipinski definition) is 4. The van der Waals surface area contributed by atoms with Crippen LogP contribution >= 0.6 is 0 Å². The number of carbonyl (C=O) groups is 1. The van der Waals surface area contributed by atoms with Gasteiger partial charge in [-0.15, -0.1) is 0 Å². The van der Waals surface area contributed by atoms with Crippen LogP contribution in [0, 0.1) is 11.6 Å². The van der Waals surface area contributed by atoms with E-state index in [1.165, 1.54) is 36.4 Å². The van der Waals surface area contributed by atoms with Crippen molar-refractivity contribution in [2.45, 2.75) is 50.0 Å². The smallest absolute Gasteiger partial charge is 0.306 e. The van der Waals surface area contributed by atoms with Gasteiger partial charge in [0.1, 0.15) is 17.3 Å². The summed E-state index contributed by atoms with van der Waals surface area (Å²) in [5.41, 5.74) is 1.55. The third-order valence-corrected chi connectivity index (χ3v) is 7.47. The maximum Gasteiger partial charge on any atom is 0.433 e. The van der Waals surface area contributed by atoms with Crippen LogP contribution in [0.3, 0.4) is 0 Å². The summed E-state index contributed by atoms with van der Waals surface area (Å²) in [6.07, 6.45) is -1.13. The van der Waals surface area contributed by atoms with E-state index in [1.54, 1.807) is 17.1 Å². The molecule has 1 amide bonds. The lowest BCUT2D eigenvalue weighted by Crippen LogP contribution is -2.51. The summed E-state index contributed by atoms with van der Waals surface area (Å²) in [5, 5.41) is 7.25. The zero-order chi connectivity index (χ0) is 26.1. The number of fused-ring (bicyclic) bond motifs is 4. The van der Waals surface area contributed by atoms with Gasteiger partial charge in [0.25, 0.3) is 5.91 Å². The van der Waals surface area contributed by atoms with E-state index in [1.807, 2.05) is 0 Å². The Labute approximate surface area is 209 Å². The number of nitrogens with zero attached hydrogens (tertiary/aromatic N) is 3. The molecule has 1 fully saturated rings. The Morgan fingerprint density at radius 2 is 1.78 bits per heavy atom. The molecule has 1 aromatic heterocycles. The topological polar surface area (TPSA) is 48.5 Å². The third-order valence-electron chi connectivity index (χ3n) is 7.47. The number of hydrazine groups is 1. The number of piperidine rings is 1. The number of alkyl halides is 3. The number of halogens is 5. The highest BCUT2D eigenvalue weighted by molar-refractivity contribution is 5.99. The Morgan fingerprint density at radius 3 is 2.51 bits per heavy atom. The predicted octanol–water partition coefficient (Wildman–Crippen LogP) is 5.74. The average Bonchev–Trinajstić information content (AvgIpc) is 3.13. The molecule has 1 unspecified atom stereocenters. The first-order valence-electron chi connectivity index (χ1n) is 12.1. The molecule has 37 heavy (non-hydrogen) atoms. The van der Waals surface area contributed by atoms with E-state index in [0.717, 1.165) is 42.7 Å². The third kappa shape index (κ3) is 4.08. The van der Waals surface area contributed by atoms with Gasteiger partial charge in [-0.1, -0.05) is 6.07 Å². The second-order valence-corrected chi connectivity index (χ2v) is 9.86. The van der Waals surface area contributed by atoms with E-state index >= 15 is 0 Å². The number of amides is 1. The number of pyridine rings is 1. The number of likely N-dealkylation sites (N-methyl/N-ethyl adjacent to an activating group) is 1. The SMILES string of the molecule is CN1C(c2cc(F)cc(F)c2)C2=C([C@@H]3CCC[C@H](C2)N3)N1C(=O)c1ccc2nc(C(F)(F)F)ccc2c1. The summed E-state index contributed by atoms with van der Waals surface area (Å²) in [6, 6.07) is 9.58. The van der Waals surface area contributed by atoms with E-state index in [2.05, 4.69) is 10.3 Å². The largest absolute Gasteiger partial charge is 0.433 e. The molecule has 0 aliphatic carbocycles. The molecular weight excluding hydrogens is 491 g/mol. The Hall–Kier alpha value is -3.37. The minimum atomic E-state index is -4.57. The minimum Gasteiger partial charge on any atom is -0.306 e. The molecule has 3 aromatic rings. The second kappa shape index (κ2) is 8.59. The van der Waals surface area contributed by atoms with Gasteiger partial charge in [0.05, 0.1) is 17.3 Å². The molecule has 0 radical (unpaired) electrons. The Balaban J connectivity index is 1.42. The number of nitrogens with one attached hydrogen (secondary N) is 1. The number of benzene rings is 2. The van der Waals surface area contributed by atoms with E-state index in [9.17, 15) is 26.7 Å². The lowest BCUT2D eigenvalue weighted by Gasteiger charge is -2.39. The van der Waals surface area contributed by atoms with Crippen molar-refractivity contribution in [1.82, 2.24) is 20.3 Å². The maximum atomic E-state index is 14.2. The van der Waals surface area contributed by atoms with Crippen molar-refractivity contribution in [3.05, 3.63) is 88.3 Å². The fourth-order valence-corrected chi connectivity index (χ4v) is 5.98. The van der Waals surface area contributed by atoms with Crippen LogP contribution in [0.4, 0.5) is 22.0 Å². The standard InChI is InChI=1S/C27H23F5N4O/c1-35-24(16-10-17(28)12-18(29)11-16)20-13-19-3-2-4-22(33-19)25(20)36(35)26(37)15-5-7-21-14(9-15)6-8-23(34-21)27(30,31)32/h5-12,19,22,24,33H,2-4,13H2,1H3/t19-,22+,24?/m1/s1. The van der Waals surface area contributed by atoms with Crippen LogP contribution in [0.2, 0.25) is 0 Å². The molecule has 2 bridgehead atoms. The summed E-state index contributed by atoms with van der Waals surface area (Å²) < 4.78 is 67.6. The molecule has 1 N–H and O–H groups in total. The van der Waals surface area contributed by atoms with Crippen LogP contribution < -0.4 is 5.32 Å². The Kier molecular flexibility index (Phi) is 5.57. The zero-order valence-electron chi connectivity index (χ0n) is 19.8. The van der Waals surface area contributed by atoms with Gasteiger partial charge < -0.3 is 5.32 Å². The fraction of sp³-hybridized carbons (Fsp3) is 0.333. The molecule has 192 valence electrons. The molecule has 3 atom stereocenters. The number of rotatable bonds is 2. The summed E-state index contributed by atoms with van der Waals surface area (Å²) >= 11 is 0.